The van der Waals surface area contributed by atoms with Gasteiger partial charge in [-0.1, -0.05) is 0 Å². The van der Waals surface area contributed by atoms with E-state index in [1.54, 1.807) is 13.3 Å². The summed E-state index contributed by atoms with van der Waals surface area (Å²) in [7, 11) is 3.61. The summed E-state index contributed by atoms with van der Waals surface area (Å²) in [6.07, 6.45) is 3.66. The van der Waals surface area contributed by atoms with Crippen LogP contribution in [0.1, 0.15) is 5.82 Å². The van der Waals surface area contributed by atoms with E-state index >= 15 is 0 Å². The molecule has 0 amide bonds. The van der Waals surface area contributed by atoms with Crippen LogP contribution in [0.2, 0.25) is 0 Å². The SMILES string of the molecule is COCc1nccn1C.[F][Cu]. The second-order valence-electron chi connectivity index (χ2n) is 1.89. The molecule has 0 aliphatic carbocycles. The Kier molecular flexibility index (Phi) is 6.12. The zero-order valence-electron chi connectivity index (χ0n) is 6.34. The van der Waals surface area contributed by atoms with Crippen molar-refractivity contribution in [2.45, 2.75) is 6.61 Å². The minimum atomic E-state index is 0.587. The van der Waals surface area contributed by atoms with Crippen molar-refractivity contribution in [3.05, 3.63) is 18.2 Å². The molecule has 1 heterocycles. The topological polar surface area (TPSA) is 27.1 Å². The van der Waals surface area contributed by atoms with Crippen molar-refractivity contribution >= 4 is 0 Å². The minimum absolute atomic E-state index is 0.587. The Hall–Kier alpha value is -0.381. The number of hydrogen-bond acceptors (Lipinski definition) is 2. The maximum atomic E-state index is 9.06. The summed E-state index contributed by atoms with van der Waals surface area (Å²) >= 11 is 2.69. The number of imidazole rings is 1. The van der Waals surface area contributed by atoms with Gasteiger partial charge in [0.05, 0.1) is 0 Å². The molecule has 0 N–H and O–H groups in total. The van der Waals surface area contributed by atoms with E-state index in [2.05, 4.69) is 21.5 Å². The zero-order chi connectivity index (χ0) is 8.69. The molecule has 11 heavy (non-hydrogen) atoms. The average Bonchev–Trinajstić information content (AvgIpc) is 2.42. The Bertz CT molecular complexity index is 192. The van der Waals surface area contributed by atoms with E-state index in [1.165, 1.54) is 0 Å². The van der Waals surface area contributed by atoms with E-state index in [0.717, 1.165) is 5.82 Å². The Morgan fingerprint density at radius 3 is 2.73 bits per heavy atom. The van der Waals surface area contributed by atoms with Gasteiger partial charge in [0.2, 0.25) is 0 Å². The van der Waals surface area contributed by atoms with Gasteiger partial charge in [0.15, 0.2) is 0 Å². The maximum absolute atomic E-state index is 9.06. The van der Waals surface area contributed by atoms with Crippen LogP contribution in [0.3, 0.4) is 0 Å². The number of ether oxygens (including phenoxy) is 1. The third kappa shape index (κ3) is 3.51. The molecule has 0 aromatic carbocycles. The van der Waals surface area contributed by atoms with Gasteiger partial charge in [-0.15, -0.1) is 0 Å². The molecule has 5 heteroatoms. The predicted molar refractivity (Wildman–Crippen MR) is 35.0 cm³/mol. The van der Waals surface area contributed by atoms with E-state index in [0.29, 0.717) is 6.61 Å². The van der Waals surface area contributed by atoms with Gasteiger partial charge in [-0.3, -0.25) is 0 Å². The van der Waals surface area contributed by atoms with Crippen molar-refractivity contribution in [2.75, 3.05) is 7.11 Å². The summed E-state index contributed by atoms with van der Waals surface area (Å²) in [5, 5.41) is 0. The third-order valence-corrected chi connectivity index (χ3v) is 1.19. The van der Waals surface area contributed by atoms with E-state index in [-0.39, 0.29) is 0 Å². The normalized spacial score (nSPS) is 8.82. The van der Waals surface area contributed by atoms with Gasteiger partial charge in [0, 0.05) is 26.6 Å². The number of methoxy groups -OCH3 is 1. The molecular formula is C6H10CuFN2O. The third-order valence-electron chi connectivity index (χ3n) is 1.19. The monoisotopic (exact) mass is 208 g/mol. The van der Waals surface area contributed by atoms with E-state index in [1.807, 2.05) is 17.8 Å². The van der Waals surface area contributed by atoms with Crippen LogP contribution in [0.5, 0.6) is 0 Å². The molecule has 0 bridgehead atoms. The molecule has 0 fully saturated rings. The van der Waals surface area contributed by atoms with Gasteiger partial charge in [-0.2, -0.15) is 0 Å². The molecule has 0 atom stereocenters. The fourth-order valence-corrected chi connectivity index (χ4v) is 0.665. The number of aryl methyl sites for hydroxylation is 1. The second-order valence-corrected chi connectivity index (χ2v) is 1.89. The van der Waals surface area contributed by atoms with Crippen molar-refractivity contribution in [1.82, 2.24) is 9.55 Å². The van der Waals surface area contributed by atoms with Crippen LogP contribution in [-0.4, -0.2) is 16.7 Å². The fraction of sp³-hybridized carbons (Fsp3) is 0.500. The summed E-state index contributed by atoms with van der Waals surface area (Å²) in [6.45, 7) is 0.587. The number of aromatic nitrogens is 2. The van der Waals surface area contributed by atoms with Crippen molar-refractivity contribution < 1.29 is 24.8 Å². The number of rotatable bonds is 2. The fourth-order valence-electron chi connectivity index (χ4n) is 0.665. The molecule has 0 saturated heterocycles. The van der Waals surface area contributed by atoms with Gasteiger partial charge in [-0.25, -0.2) is 4.98 Å². The number of halogens is 1. The summed E-state index contributed by atoms with van der Waals surface area (Å²) in [6, 6.07) is 0. The molecule has 3 nitrogen and oxygen atoms in total. The molecule has 68 valence electrons. The molecule has 1 aromatic rings. The van der Waals surface area contributed by atoms with Crippen LogP contribution in [0.15, 0.2) is 12.4 Å². The number of hydrogen-bond donors (Lipinski definition) is 0. The summed E-state index contributed by atoms with van der Waals surface area (Å²) < 4.78 is 15.9. The summed E-state index contributed by atoms with van der Waals surface area (Å²) in [5.41, 5.74) is 0. The van der Waals surface area contributed by atoms with E-state index in [9.17, 15) is 0 Å². The van der Waals surface area contributed by atoms with Crippen LogP contribution in [0.4, 0.5) is 3.55 Å². The number of nitrogens with zero attached hydrogens (tertiary/aromatic N) is 2. The first kappa shape index (κ1) is 10.6. The molecule has 0 unspecified atom stereocenters. The van der Waals surface area contributed by atoms with Crippen LogP contribution < -0.4 is 0 Å². The van der Waals surface area contributed by atoms with Crippen molar-refractivity contribution in [2.24, 2.45) is 7.05 Å². The van der Waals surface area contributed by atoms with E-state index < -0.39 is 0 Å². The molecule has 1 rings (SSSR count). The first-order valence-corrected chi connectivity index (χ1v) is 3.26. The summed E-state index contributed by atoms with van der Waals surface area (Å²) in [5.74, 6) is 0.956. The van der Waals surface area contributed by atoms with Gasteiger partial charge >= 0.3 is 20.0 Å². The molecule has 0 radical (unpaired) electrons. The molecule has 1 aromatic heterocycles. The zero-order valence-corrected chi connectivity index (χ0v) is 7.29. The Morgan fingerprint density at radius 2 is 2.36 bits per heavy atom. The van der Waals surface area contributed by atoms with E-state index in [4.69, 9.17) is 8.29 Å². The Labute approximate surface area is 73.8 Å². The molecule has 0 aliphatic rings. The first-order chi connectivity index (χ1) is 5.34. The first-order valence-electron chi connectivity index (χ1n) is 2.91. The van der Waals surface area contributed by atoms with Crippen LogP contribution >= 0.6 is 0 Å². The molecule has 0 spiro atoms. The Balaban J connectivity index is 0.000000461. The second kappa shape index (κ2) is 6.34. The average molecular weight is 209 g/mol. The van der Waals surface area contributed by atoms with Crippen LogP contribution in [0, 0.1) is 0 Å². The molecule has 0 saturated carbocycles. The Morgan fingerprint density at radius 1 is 1.73 bits per heavy atom. The van der Waals surface area contributed by atoms with Crippen LogP contribution in [-0.2, 0) is 34.9 Å². The van der Waals surface area contributed by atoms with Crippen molar-refractivity contribution in [3.63, 3.8) is 0 Å². The quantitative estimate of drug-likeness (QED) is 0.678. The van der Waals surface area contributed by atoms with Gasteiger partial charge in [-0.05, 0) is 0 Å². The van der Waals surface area contributed by atoms with Crippen molar-refractivity contribution in [3.8, 4) is 0 Å². The van der Waals surface area contributed by atoms with Gasteiger partial charge in [0.1, 0.15) is 12.4 Å². The molecular weight excluding hydrogens is 199 g/mol. The molecule has 0 aliphatic heterocycles. The van der Waals surface area contributed by atoms with Crippen molar-refractivity contribution in [1.29, 1.82) is 0 Å². The summed E-state index contributed by atoms with van der Waals surface area (Å²) in [4.78, 5) is 4.04. The van der Waals surface area contributed by atoms with Gasteiger partial charge < -0.3 is 9.30 Å². The van der Waals surface area contributed by atoms with Crippen LogP contribution in [0.25, 0.3) is 0 Å². The predicted octanol–water partition coefficient (Wildman–Crippen LogP) is 0.984. The van der Waals surface area contributed by atoms with Gasteiger partial charge in [0.25, 0.3) is 0 Å². The standard InChI is InChI=1S/C6H10N2O.Cu.FH/c1-8-4-3-7-6(8)5-9-2;;/h3-4H,5H2,1-2H3;;1H/q;+1;/p-1.